The highest BCUT2D eigenvalue weighted by Gasteiger charge is 2.41. The van der Waals surface area contributed by atoms with Crippen LogP contribution in [0.15, 0.2) is 66.7 Å². The lowest BCUT2D eigenvalue weighted by molar-refractivity contribution is -0.141. The second-order valence-corrected chi connectivity index (χ2v) is 6.39. The number of imide groups is 1. The molecular formula is C22H17NO4. The molecule has 27 heavy (non-hydrogen) atoms. The number of nitrogens with zero attached hydrogens (tertiary/aromatic N) is 1. The van der Waals surface area contributed by atoms with E-state index in [0.29, 0.717) is 11.1 Å². The predicted octanol–water partition coefficient (Wildman–Crippen LogP) is 3.74. The molecule has 0 aromatic heterocycles. The standard InChI is InChI=1S/C22H17NO4/c1-27-20(24)13-19(16-12-6-8-14-7-2-3-9-15(14)16)23-21(25)17-10-4-5-11-18(17)22(23)26/h2-12,19H,13H2,1H3. The first kappa shape index (κ1) is 17.0. The van der Waals surface area contributed by atoms with Gasteiger partial charge < -0.3 is 4.74 Å². The van der Waals surface area contributed by atoms with Crippen molar-refractivity contribution in [3.05, 3.63) is 83.4 Å². The molecule has 5 nitrogen and oxygen atoms in total. The first-order valence-electron chi connectivity index (χ1n) is 8.63. The lowest BCUT2D eigenvalue weighted by Gasteiger charge is -2.27. The Morgan fingerprint density at radius 2 is 1.48 bits per heavy atom. The minimum absolute atomic E-state index is 0.101. The molecule has 0 fully saturated rings. The van der Waals surface area contributed by atoms with Crippen molar-refractivity contribution in [1.82, 2.24) is 4.90 Å². The minimum Gasteiger partial charge on any atom is -0.469 e. The second kappa shape index (κ2) is 6.68. The molecule has 3 aromatic rings. The smallest absolute Gasteiger partial charge is 0.307 e. The first-order valence-corrected chi connectivity index (χ1v) is 8.63. The molecule has 0 aliphatic carbocycles. The summed E-state index contributed by atoms with van der Waals surface area (Å²) in [5, 5.41) is 1.87. The Kier molecular flexibility index (Phi) is 4.20. The Hall–Kier alpha value is -3.47. The third-order valence-electron chi connectivity index (χ3n) is 4.91. The highest BCUT2D eigenvalue weighted by molar-refractivity contribution is 6.21. The van der Waals surface area contributed by atoms with Crippen molar-refractivity contribution in [2.75, 3.05) is 7.11 Å². The molecule has 1 unspecified atom stereocenters. The third-order valence-corrected chi connectivity index (χ3v) is 4.91. The lowest BCUT2D eigenvalue weighted by Crippen LogP contribution is -2.35. The predicted molar refractivity (Wildman–Crippen MR) is 100 cm³/mol. The number of benzene rings is 3. The van der Waals surface area contributed by atoms with E-state index < -0.39 is 23.8 Å². The van der Waals surface area contributed by atoms with E-state index in [1.54, 1.807) is 24.3 Å². The number of ether oxygens (including phenoxy) is 1. The SMILES string of the molecule is COC(=O)CC(c1cccc2ccccc12)N1C(=O)c2ccccc2C1=O. The van der Waals surface area contributed by atoms with Crippen molar-refractivity contribution in [1.29, 1.82) is 0 Å². The summed E-state index contributed by atoms with van der Waals surface area (Å²) < 4.78 is 4.83. The van der Waals surface area contributed by atoms with Crippen molar-refractivity contribution in [2.45, 2.75) is 12.5 Å². The van der Waals surface area contributed by atoms with Crippen molar-refractivity contribution in [3.63, 3.8) is 0 Å². The van der Waals surface area contributed by atoms with E-state index in [9.17, 15) is 14.4 Å². The molecule has 1 heterocycles. The van der Waals surface area contributed by atoms with Crippen LogP contribution in [0.1, 0.15) is 38.7 Å². The average Bonchev–Trinajstić information content (AvgIpc) is 2.96. The lowest BCUT2D eigenvalue weighted by atomic mass is 9.95. The molecule has 5 heteroatoms. The molecule has 1 aliphatic heterocycles. The molecule has 1 atom stereocenters. The molecule has 3 aromatic carbocycles. The van der Waals surface area contributed by atoms with Crippen LogP contribution < -0.4 is 0 Å². The van der Waals surface area contributed by atoms with Gasteiger partial charge in [-0.15, -0.1) is 0 Å². The number of rotatable bonds is 4. The molecule has 1 aliphatic rings. The van der Waals surface area contributed by atoms with Gasteiger partial charge in [0.15, 0.2) is 0 Å². The minimum atomic E-state index is -0.740. The zero-order chi connectivity index (χ0) is 19.0. The molecule has 2 amide bonds. The van der Waals surface area contributed by atoms with Crippen LogP contribution in [0.3, 0.4) is 0 Å². The third kappa shape index (κ3) is 2.77. The van der Waals surface area contributed by atoms with Crippen molar-refractivity contribution in [3.8, 4) is 0 Å². The van der Waals surface area contributed by atoms with Gasteiger partial charge in [-0.2, -0.15) is 0 Å². The molecule has 0 N–H and O–H groups in total. The zero-order valence-electron chi connectivity index (χ0n) is 14.7. The normalized spacial score (nSPS) is 14.3. The van der Waals surface area contributed by atoms with Gasteiger partial charge in [0.1, 0.15) is 0 Å². The highest BCUT2D eigenvalue weighted by Crippen LogP contribution is 2.36. The number of hydrogen-bond donors (Lipinski definition) is 0. The van der Waals surface area contributed by atoms with Crippen LogP contribution in [0.2, 0.25) is 0 Å². The Morgan fingerprint density at radius 3 is 2.15 bits per heavy atom. The molecular weight excluding hydrogens is 342 g/mol. The van der Waals surface area contributed by atoms with Gasteiger partial charge in [-0.3, -0.25) is 19.3 Å². The van der Waals surface area contributed by atoms with Crippen LogP contribution in [0, 0.1) is 0 Å². The van der Waals surface area contributed by atoms with Gasteiger partial charge in [0, 0.05) is 0 Å². The Balaban J connectivity index is 1.87. The summed E-state index contributed by atoms with van der Waals surface area (Å²) in [5.41, 5.74) is 1.46. The van der Waals surface area contributed by atoms with Crippen LogP contribution in [0.25, 0.3) is 10.8 Å². The molecule has 0 saturated carbocycles. The number of fused-ring (bicyclic) bond motifs is 2. The number of carbonyl (C=O) groups is 3. The van der Waals surface area contributed by atoms with Gasteiger partial charge in [-0.05, 0) is 28.5 Å². The Bertz CT molecular complexity index is 1030. The summed E-state index contributed by atoms with van der Waals surface area (Å²) in [6.07, 6.45) is -0.101. The fraction of sp³-hybridized carbons (Fsp3) is 0.136. The highest BCUT2D eigenvalue weighted by atomic mass is 16.5. The molecule has 0 spiro atoms. The quantitative estimate of drug-likeness (QED) is 0.526. The fourth-order valence-electron chi connectivity index (χ4n) is 3.61. The second-order valence-electron chi connectivity index (χ2n) is 6.39. The van der Waals surface area contributed by atoms with Crippen LogP contribution >= 0.6 is 0 Å². The molecule has 4 rings (SSSR count). The van der Waals surface area contributed by atoms with Crippen LogP contribution in [0.4, 0.5) is 0 Å². The summed E-state index contributed by atoms with van der Waals surface area (Å²) in [7, 11) is 1.30. The van der Waals surface area contributed by atoms with E-state index in [2.05, 4.69) is 0 Å². The maximum absolute atomic E-state index is 13.0. The monoisotopic (exact) mass is 359 g/mol. The molecule has 0 bridgehead atoms. The van der Waals surface area contributed by atoms with Crippen LogP contribution in [-0.2, 0) is 9.53 Å². The number of amides is 2. The molecule has 134 valence electrons. The largest absolute Gasteiger partial charge is 0.469 e. The number of methoxy groups -OCH3 is 1. The summed E-state index contributed by atoms with van der Waals surface area (Å²) >= 11 is 0. The maximum Gasteiger partial charge on any atom is 0.307 e. The summed E-state index contributed by atoms with van der Waals surface area (Å²) in [5.74, 6) is -1.26. The Labute approximate surface area is 156 Å². The van der Waals surface area contributed by atoms with E-state index in [1.807, 2.05) is 42.5 Å². The van der Waals surface area contributed by atoms with E-state index >= 15 is 0 Å². The molecule has 0 saturated heterocycles. The zero-order valence-corrected chi connectivity index (χ0v) is 14.7. The van der Waals surface area contributed by atoms with Crippen molar-refractivity contribution in [2.24, 2.45) is 0 Å². The van der Waals surface area contributed by atoms with Gasteiger partial charge in [0.05, 0.1) is 30.7 Å². The fourth-order valence-corrected chi connectivity index (χ4v) is 3.61. The maximum atomic E-state index is 13.0. The van der Waals surface area contributed by atoms with Gasteiger partial charge in [0.25, 0.3) is 11.8 Å². The van der Waals surface area contributed by atoms with E-state index in [4.69, 9.17) is 4.74 Å². The number of hydrogen-bond acceptors (Lipinski definition) is 4. The number of esters is 1. The summed E-state index contributed by atoms with van der Waals surface area (Å²) in [6.45, 7) is 0. The van der Waals surface area contributed by atoms with Crippen molar-refractivity contribution < 1.29 is 19.1 Å². The van der Waals surface area contributed by atoms with Gasteiger partial charge >= 0.3 is 5.97 Å². The molecule has 0 radical (unpaired) electrons. The number of carbonyl (C=O) groups excluding carboxylic acids is 3. The van der Waals surface area contributed by atoms with E-state index in [0.717, 1.165) is 16.3 Å². The topological polar surface area (TPSA) is 63.7 Å². The van der Waals surface area contributed by atoms with Crippen LogP contribution in [0.5, 0.6) is 0 Å². The van der Waals surface area contributed by atoms with Gasteiger partial charge in [-0.1, -0.05) is 54.6 Å². The van der Waals surface area contributed by atoms with Gasteiger partial charge in [-0.25, -0.2) is 0 Å². The van der Waals surface area contributed by atoms with Crippen LogP contribution in [-0.4, -0.2) is 29.8 Å². The van der Waals surface area contributed by atoms with Gasteiger partial charge in [0.2, 0.25) is 0 Å². The van der Waals surface area contributed by atoms with E-state index in [-0.39, 0.29) is 6.42 Å². The van der Waals surface area contributed by atoms with Crippen molar-refractivity contribution >= 4 is 28.6 Å². The average molecular weight is 359 g/mol. The summed E-state index contributed by atoms with van der Waals surface area (Å²) in [6, 6.07) is 19.3. The van der Waals surface area contributed by atoms with E-state index in [1.165, 1.54) is 12.0 Å². The Morgan fingerprint density at radius 1 is 0.889 bits per heavy atom. The first-order chi connectivity index (χ1) is 13.1. The summed E-state index contributed by atoms with van der Waals surface area (Å²) in [4.78, 5) is 39.2.